The summed E-state index contributed by atoms with van der Waals surface area (Å²) in [5.41, 5.74) is 1.73. The summed E-state index contributed by atoms with van der Waals surface area (Å²) in [6, 6.07) is 17.4. The molecule has 0 radical (unpaired) electrons. The molecule has 0 N–H and O–H groups in total. The summed E-state index contributed by atoms with van der Waals surface area (Å²) in [6.07, 6.45) is 6.99. The Morgan fingerprint density at radius 3 is 1.42 bits per heavy atom. The van der Waals surface area contributed by atoms with Crippen molar-refractivity contribution < 1.29 is 8.69 Å². The molecule has 6 heteroatoms. The highest BCUT2D eigenvalue weighted by Crippen LogP contribution is 2.32. The van der Waals surface area contributed by atoms with E-state index in [1.165, 1.54) is 74.8 Å². The van der Waals surface area contributed by atoms with Crippen LogP contribution >= 0.6 is 0 Å². The molecule has 0 atom stereocenters. The van der Waals surface area contributed by atoms with Crippen LogP contribution in [0.5, 0.6) is 0 Å². The molecule has 0 bridgehead atoms. The minimum atomic E-state index is -1.92. The van der Waals surface area contributed by atoms with Crippen LogP contribution in [0.4, 0.5) is 0 Å². The molecule has 0 fully saturated rings. The summed E-state index contributed by atoms with van der Waals surface area (Å²) in [5.74, 6) is 0. The van der Waals surface area contributed by atoms with Gasteiger partial charge in [-0.05, 0) is 53.9 Å². The molecule has 1 rings (SSSR count). The van der Waals surface area contributed by atoms with Crippen molar-refractivity contribution in [1.82, 2.24) is 0 Å². The number of benzene rings is 1. The smallest absolute Gasteiger partial charge is 0.449 e. The molecule has 31 heavy (non-hydrogen) atoms. The van der Waals surface area contributed by atoms with Crippen molar-refractivity contribution in [2.75, 3.05) is 0 Å². The maximum Gasteiger partial charge on any atom is 0.472 e. The normalized spacial score (nSPS) is 12.0. The van der Waals surface area contributed by atoms with Gasteiger partial charge < -0.3 is 8.69 Å². The lowest BCUT2D eigenvalue weighted by atomic mass is 9.79. The summed E-state index contributed by atoms with van der Waals surface area (Å²) in [5, 5.41) is 9.50. The lowest BCUT2D eigenvalue weighted by Crippen LogP contribution is -2.55. The predicted octanol–water partition coefficient (Wildman–Crippen LogP) is 7.64. The number of hydrogen-bond donors (Lipinski definition) is 0. The molecular weight excluding hydrogens is 413 g/mol. The van der Waals surface area contributed by atoms with Crippen LogP contribution in [0.1, 0.15) is 85.6 Å². The van der Waals surface area contributed by atoms with Gasteiger partial charge in [0.15, 0.2) is 16.6 Å². The van der Waals surface area contributed by atoms with Gasteiger partial charge in [0, 0.05) is 0 Å². The lowest BCUT2D eigenvalue weighted by molar-refractivity contribution is 0.407. The Labute approximate surface area is 195 Å². The van der Waals surface area contributed by atoms with Gasteiger partial charge in [-0.25, -0.2) is 0 Å². The summed E-state index contributed by atoms with van der Waals surface area (Å²) in [7, 11) is -4.17. The van der Waals surface area contributed by atoms with Gasteiger partial charge in [-0.1, -0.05) is 92.2 Å². The van der Waals surface area contributed by atoms with Crippen molar-refractivity contribution in [3.63, 3.8) is 0 Å². The second-order valence-electron chi connectivity index (χ2n) is 9.17. The van der Waals surface area contributed by atoms with Crippen molar-refractivity contribution in [3.05, 3.63) is 29.8 Å². The SMILES string of the molecule is CCC[Si](CCC)(CCC)OB(O[Si](CCC)(CCC)CCC)c1cccc(C#N)c1. The van der Waals surface area contributed by atoms with Crippen LogP contribution in [0.25, 0.3) is 0 Å². The molecule has 0 aliphatic rings. The van der Waals surface area contributed by atoms with E-state index in [1.807, 2.05) is 18.2 Å². The van der Waals surface area contributed by atoms with E-state index in [1.54, 1.807) is 0 Å². The highest BCUT2D eigenvalue weighted by Gasteiger charge is 2.43. The third kappa shape index (κ3) is 8.88. The van der Waals surface area contributed by atoms with Gasteiger partial charge in [0.2, 0.25) is 0 Å². The average Bonchev–Trinajstić information content (AvgIpc) is 2.74. The van der Waals surface area contributed by atoms with Gasteiger partial charge in [0.25, 0.3) is 0 Å². The number of rotatable bonds is 17. The zero-order valence-corrected chi connectivity index (χ0v) is 23.1. The standard InChI is InChI=1S/C25H46BNO2Si2/c1-7-16-30(17-8-2,18-9-3)28-26(25-15-13-14-24(22-25)23-27)29-31(19-10-4,20-11-5)21-12-6/h13-15,22H,7-12,16-21H2,1-6H3. The van der Waals surface area contributed by atoms with Crippen LogP contribution in [0, 0.1) is 11.3 Å². The second kappa shape index (κ2) is 15.1. The van der Waals surface area contributed by atoms with E-state index >= 15 is 0 Å². The zero-order valence-electron chi connectivity index (χ0n) is 21.1. The molecule has 1 aromatic rings. The van der Waals surface area contributed by atoms with E-state index in [0.29, 0.717) is 5.56 Å². The third-order valence-corrected chi connectivity index (χ3v) is 16.1. The van der Waals surface area contributed by atoms with E-state index in [-0.39, 0.29) is 7.12 Å². The molecule has 0 aliphatic heterocycles. The Hall–Kier alpha value is -0.871. The Kier molecular flexibility index (Phi) is 13.7. The Bertz CT molecular complexity index is 603. The first-order valence-electron chi connectivity index (χ1n) is 12.8. The zero-order chi connectivity index (χ0) is 23.2. The van der Waals surface area contributed by atoms with Crippen LogP contribution < -0.4 is 5.46 Å². The summed E-state index contributed by atoms with van der Waals surface area (Å²) in [6.45, 7) is 13.7. The molecular formula is C25H46BNO2Si2. The average molecular weight is 460 g/mol. The van der Waals surface area contributed by atoms with Gasteiger partial charge in [-0.15, -0.1) is 0 Å². The highest BCUT2D eigenvalue weighted by molar-refractivity contribution is 6.87. The topological polar surface area (TPSA) is 42.2 Å². The Morgan fingerprint density at radius 2 is 1.10 bits per heavy atom. The summed E-state index contributed by atoms with van der Waals surface area (Å²) < 4.78 is 14.4. The Balaban J connectivity index is 3.45. The van der Waals surface area contributed by atoms with Crippen molar-refractivity contribution in [2.24, 2.45) is 0 Å². The Morgan fingerprint density at radius 1 is 0.710 bits per heavy atom. The first kappa shape index (κ1) is 28.2. The van der Waals surface area contributed by atoms with E-state index in [9.17, 15) is 5.26 Å². The van der Waals surface area contributed by atoms with Gasteiger partial charge in [0.05, 0.1) is 11.6 Å². The fourth-order valence-corrected chi connectivity index (χ4v) is 14.3. The highest BCUT2D eigenvalue weighted by atomic mass is 28.4. The van der Waals surface area contributed by atoms with E-state index < -0.39 is 16.6 Å². The second-order valence-corrected chi connectivity index (χ2v) is 17.4. The minimum absolute atomic E-state index is 0.319. The maximum absolute atomic E-state index is 9.50. The van der Waals surface area contributed by atoms with Gasteiger partial charge in [-0.2, -0.15) is 5.26 Å². The van der Waals surface area contributed by atoms with Gasteiger partial charge in [0.1, 0.15) is 0 Å². The third-order valence-electron chi connectivity index (χ3n) is 6.24. The van der Waals surface area contributed by atoms with Crippen molar-refractivity contribution in [1.29, 1.82) is 5.26 Å². The quantitative estimate of drug-likeness (QED) is 0.225. The van der Waals surface area contributed by atoms with Crippen molar-refractivity contribution >= 4 is 29.2 Å². The van der Waals surface area contributed by atoms with Crippen molar-refractivity contribution in [2.45, 2.75) is 116 Å². The number of hydrogen-bond acceptors (Lipinski definition) is 3. The monoisotopic (exact) mass is 459 g/mol. The van der Waals surface area contributed by atoms with Crippen LogP contribution in [-0.2, 0) is 8.69 Å². The molecule has 0 heterocycles. The predicted molar refractivity (Wildman–Crippen MR) is 141 cm³/mol. The molecule has 0 saturated carbocycles. The van der Waals surface area contributed by atoms with Crippen LogP contribution in [0.2, 0.25) is 36.3 Å². The molecule has 0 unspecified atom stereocenters. The largest absolute Gasteiger partial charge is 0.472 e. The summed E-state index contributed by atoms with van der Waals surface area (Å²) in [4.78, 5) is 0. The first-order valence-corrected chi connectivity index (χ1v) is 17.9. The molecule has 174 valence electrons. The molecule has 1 aromatic carbocycles. The fourth-order valence-electron chi connectivity index (χ4n) is 5.21. The maximum atomic E-state index is 9.50. The van der Waals surface area contributed by atoms with Crippen LogP contribution in [-0.4, -0.2) is 23.8 Å². The lowest BCUT2D eigenvalue weighted by Gasteiger charge is -2.39. The van der Waals surface area contributed by atoms with Gasteiger partial charge in [-0.3, -0.25) is 0 Å². The molecule has 3 nitrogen and oxygen atoms in total. The molecule has 0 saturated heterocycles. The number of nitriles is 1. The van der Waals surface area contributed by atoms with E-state index in [4.69, 9.17) is 8.69 Å². The van der Waals surface area contributed by atoms with E-state index in [0.717, 1.165) is 5.46 Å². The molecule has 0 spiro atoms. The van der Waals surface area contributed by atoms with Crippen LogP contribution in [0.15, 0.2) is 24.3 Å². The first-order chi connectivity index (χ1) is 15.0. The van der Waals surface area contributed by atoms with Crippen LogP contribution in [0.3, 0.4) is 0 Å². The van der Waals surface area contributed by atoms with Crippen molar-refractivity contribution in [3.8, 4) is 6.07 Å². The van der Waals surface area contributed by atoms with Gasteiger partial charge >= 0.3 is 7.12 Å². The molecule has 0 aliphatic carbocycles. The number of nitrogens with zero attached hydrogens (tertiary/aromatic N) is 1. The van der Waals surface area contributed by atoms with E-state index in [2.05, 4.69) is 53.7 Å². The minimum Gasteiger partial charge on any atom is -0.449 e. The molecule has 0 aromatic heterocycles. The summed E-state index contributed by atoms with van der Waals surface area (Å²) >= 11 is 0. The fraction of sp³-hybridized carbons (Fsp3) is 0.720. The molecule has 0 amide bonds.